The predicted molar refractivity (Wildman–Crippen MR) is 124 cm³/mol. The average Bonchev–Trinajstić information content (AvgIpc) is 3.39. The summed E-state index contributed by atoms with van der Waals surface area (Å²) in [6.07, 6.45) is 4.65. The zero-order valence-corrected chi connectivity index (χ0v) is 19.0. The van der Waals surface area contributed by atoms with Crippen molar-refractivity contribution in [2.45, 2.75) is 39.2 Å². The quantitative estimate of drug-likeness (QED) is 0.479. The van der Waals surface area contributed by atoms with Gasteiger partial charge in [0.1, 0.15) is 11.6 Å². The molecule has 1 saturated heterocycles. The Morgan fingerprint density at radius 1 is 1.25 bits per heavy atom. The Morgan fingerprint density at radius 2 is 2.06 bits per heavy atom. The Kier molecular flexibility index (Phi) is 5.32. The summed E-state index contributed by atoms with van der Waals surface area (Å²) in [5, 5.41) is 1.23. The second kappa shape index (κ2) is 8.04. The maximum Gasteiger partial charge on any atom is 0.263 e. The van der Waals surface area contributed by atoms with Crippen molar-refractivity contribution in [1.29, 1.82) is 0 Å². The Morgan fingerprint density at radius 3 is 2.81 bits per heavy atom. The highest BCUT2D eigenvalue weighted by molar-refractivity contribution is 6.33. The van der Waals surface area contributed by atoms with Crippen LogP contribution in [0.15, 0.2) is 48.7 Å². The third-order valence-electron chi connectivity index (χ3n) is 7.11. The second-order valence-corrected chi connectivity index (χ2v) is 9.66. The predicted octanol–water partition coefficient (Wildman–Crippen LogP) is 6.11. The van der Waals surface area contributed by atoms with E-state index in [2.05, 4.69) is 11.9 Å². The van der Waals surface area contributed by atoms with Crippen LogP contribution in [0.2, 0.25) is 5.02 Å². The molecule has 1 saturated carbocycles. The molecule has 2 aliphatic rings. The van der Waals surface area contributed by atoms with Crippen LogP contribution in [-0.4, -0.2) is 35.0 Å². The molecule has 4 nitrogen and oxygen atoms in total. The van der Waals surface area contributed by atoms with Crippen LogP contribution in [0.25, 0.3) is 22.0 Å². The van der Waals surface area contributed by atoms with Crippen LogP contribution < -0.4 is 4.74 Å². The van der Waals surface area contributed by atoms with Crippen molar-refractivity contribution in [3.05, 3.63) is 59.5 Å². The van der Waals surface area contributed by atoms with Gasteiger partial charge in [-0.2, -0.15) is 0 Å². The summed E-state index contributed by atoms with van der Waals surface area (Å²) >= 11 is 6.28. The fourth-order valence-electron chi connectivity index (χ4n) is 5.12. The summed E-state index contributed by atoms with van der Waals surface area (Å²) in [6.45, 7) is 5.75. The molecule has 32 heavy (non-hydrogen) atoms. The smallest absolute Gasteiger partial charge is 0.263 e. The van der Waals surface area contributed by atoms with E-state index in [1.54, 1.807) is 12.3 Å². The molecule has 166 valence electrons. The molecule has 0 N–H and O–H groups in total. The van der Waals surface area contributed by atoms with E-state index in [0.717, 1.165) is 41.5 Å². The molecule has 1 spiro atoms. The summed E-state index contributed by atoms with van der Waals surface area (Å²) < 4.78 is 19.5. The molecule has 3 unspecified atom stereocenters. The van der Waals surface area contributed by atoms with E-state index in [9.17, 15) is 9.18 Å². The lowest BCUT2D eigenvalue weighted by Crippen LogP contribution is -2.46. The number of fused-ring (bicyclic) bond motifs is 1. The van der Waals surface area contributed by atoms with Crippen LogP contribution in [0.4, 0.5) is 4.39 Å². The van der Waals surface area contributed by atoms with Gasteiger partial charge in [0.2, 0.25) is 0 Å². The molecule has 2 heterocycles. The maximum atomic E-state index is 13.5. The van der Waals surface area contributed by atoms with Crippen LogP contribution in [0.1, 0.15) is 33.1 Å². The number of hydrogen-bond donors (Lipinski definition) is 0. The van der Waals surface area contributed by atoms with Crippen LogP contribution in [0.5, 0.6) is 5.75 Å². The molecule has 3 aromatic rings. The second-order valence-electron chi connectivity index (χ2n) is 9.25. The van der Waals surface area contributed by atoms with Gasteiger partial charge in [0.25, 0.3) is 5.91 Å². The number of carbonyl (C=O) groups excluding carboxylic acids is 1. The summed E-state index contributed by atoms with van der Waals surface area (Å²) in [5.74, 6) is 0.981. The zero-order valence-electron chi connectivity index (χ0n) is 18.3. The standard InChI is InChI=1S/C26H26ClFN2O2/c1-16-14-26(16)9-3-11-30(15-26)25(31)17(2)32-19-5-7-22-20(8-10-29-24(22)13-19)21-6-4-18(28)12-23(21)27/h4-8,10,12-13,16-17H,3,9,11,14-15H2,1-2H3. The first-order chi connectivity index (χ1) is 15.4. The van der Waals surface area contributed by atoms with Crippen LogP contribution in [0.3, 0.4) is 0 Å². The van der Waals surface area contributed by atoms with E-state index >= 15 is 0 Å². The lowest BCUT2D eigenvalue weighted by Gasteiger charge is -2.35. The third kappa shape index (κ3) is 3.83. The topological polar surface area (TPSA) is 42.4 Å². The van der Waals surface area contributed by atoms with Crippen LogP contribution >= 0.6 is 11.6 Å². The van der Waals surface area contributed by atoms with Gasteiger partial charge < -0.3 is 9.64 Å². The molecular formula is C26H26ClFN2O2. The molecule has 1 aliphatic heterocycles. The van der Waals surface area contributed by atoms with Gasteiger partial charge in [-0.3, -0.25) is 9.78 Å². The zero-order chi connectivity index (χ0) is 22.5. The van der Waals surface area contributed by atoms with Crippen LogP contribution in [0, 0.1) is 17.2 Å². The maximum absolute atomic E-state index is 13.5. The Bertz CT molecular complexity index is 1200. The van der Waals surface area contributed by atoms with Gasteiger partial charge in [0, 0.05) is 36.3 Å². The van der Waals surface area contributed by atoms with Gasteiger partial charge in [-0.1, -0.05) is 18.5 Å². The number of likely N-dealkylation sites (tertiary alicyclic amines) is 1. The Balaban J connectivity index is 1.35. The number of aromatic nitrogens is 1. The van der Waals surface area contributed by atoms with Crippen molar-refractivity contribution in [1.82, 2.24) is 9.88 Å². The van der Waals surface area contributed by atoms with Gasteiger partial charge in [-0.15, -0.1) is 0 Å². The average molecular weight is 453 g/mol. The summed E-state index contributed by atoms with van der Waals surface area (Å²) in [4.78, 5) is 19.5. The van der Waals surface area contributed by atoms with Gasteiger partial charge in [-0.05, 0) is 79.5 Å². The Hall–Kier alpha value is -2.66. The number of piperidine rings is 1. The van der Waals surface area contributed by atoms with Gasteiger partial charge in [0.15, 0.2) is 6.10 Å². The number of ether oxygens (including phenoxy) is 1. The molecule has 1 aliphatic carbocycles. The molecule has 5 rings (SSSR count). The number of carbonyl (C=O) groups is 1. The van der Waals surface area contributed by atoms with Gasteiger partial charge in [0.05, 0.1) is 10.5 Å². The van der Waals surface area contributed by atoms with Crippen molar-refractivity contribution in [3.8, 4) is 16.9 Å². The Labute approximate surface area is 192 Å². The SMILES string of the molecule is CC(Oc1ccc2c(-c3ccc(F)cc3Cl)ccnc2c1)C(=O)N1CCCC2(CC2C)C1. The minimum atomic E-state index is -0.564. The monoisotopic (exact) mass is 452 g/mol. The largest absolute Gasteiger partial charge is 0.481 e. The minimum absolute atomic E-state index is 0.0445. The molecule has 2 aromatic carbocycles. The highest BCUT2D eigenvalue weighted by Gasteiger charge is 2.53. The third-order valence-corrected chi connectivity index (χ3v) is 7.43. The summed E-state index contributed by atoms with van der Waals surface area (Å²) in [6, 6.07) is 11.8. The summed E-state index contributed by atoms with van der Waals surface area (Å²) in [7, 11) is 0. The van der Waals surface area contributed by atoms with Gasteiger partial charge in [-0.25, -0.2) is 4.39 Å². The van der Waals surface area contributed by atoms with Crippen molar-refractivity contribution in [3.63, 3.8) is 0 Å². The van der Waals surface area contributed by atoms with Crippen molar-refractivity contribution in [2.24, 2.45) is 11.3 Å². The highest BCUT2D eigenvalue weighted by Crippen LogP contribution is 2.57. The van der Waals surface area contributed by atoms with Crippen molar-refractivity contribution >= 4 is 28.4 Å². The first kappa shape index (κ1) is 21.2. The minimum Gasteiger partial charge on any atom is -0.481 e. The van der Waals surface area contributed by atoms with Crippen molar-refractivity contribution in [2.75, 3.05) is 13.1 Å². The number of amides is 1. The van der Waals surface area contributed by atoms with E-state index in [-0.39, 0.29) is 11.7 Å². The van der Waals surface area contributed by atoms with E-state index in [0.29, 0.717) is 22.1 Å². The van der Waals surface area contributed by atoms with E-state index in [1.165, 1.54) is 25.0 Å². The van der Waals surface area contributed by atoms with E-state index < -0.39 is 6.10 Å². The fourth-order valence-corrected chi connectivity index (χ4v) is 5.39. The number of pyridine rings is 1. The molecule has 0 bridgehead atoms. The highest BCUT2D eigenvalue weighted by atomic mass is 35.5. The molecule has 2 fully saturated rings. The number of rotatable bonds is 4. The van der Waals surface area contributed by atoms with Crippen LogP contribution in [-0.2, 0) is 4.79 Å². The van der Waals surface area contributed by atoms with Gasteiger partial charge >= 0.3 is 0 Å². The van der Waals surface area contributed by atoms with E-state index in [4.69, 9.17) is 16.3 Å². The molecule has 1 amide bonds. The fraction of sp³-hybridized carbons (Fsp3) is 0.385. The molecule has 1 aromatic heterocycles. The summed E-state index contributed by atoms with van der Waals surface area (Å²) in [5.41, 5.74) is 2.68. The molecular weight excluding hydrogens is 427 g/mol. The lowest BCUT2D eigenvalue weighted by atomic mass is 9.92. The lowest BCUT2D eigenvalue weighted by molar-refractivity contribution is -0.140. The molecule has 6 heteroatoms. The molecule has 3 atom stereocenters. The number of halogens is 2. The molecule has 0 radical (unpaired) electrons. The first-order valence-corrected chi connectivity index (χ1v) is 11.5. The van der Waals surface area contributed by atoms with Crippen molar-refractivity contribution < 1.29 is 13.9 Å². The number of hydrogen-bond acceptors (Lipinski definition) is 3. The number of benzene rings is 2. The normalized spacial score (nSPS) is 23.4. The number of nitrogens with zero attached hydrogens (tertiary/aromatic N) is 2. The first-order valence-electron chi connectivity index (χ1n) is 11.2. The van der Waals surface area contributed by atoms with E-state index in [1.807, 2.05) is 36.1 Å².